The van der Waals surface area contributed by atoms with E-state index in [1.54, 1.807) is 0 Å². The van der Waals surface area contributed by atoms with E-state index >= 15 is 0 Å². The van der Waals surface area contributed by atoms with Crippen molar-refractivity contribution >= 4 is 59.1 Å². The third kappa shape index (κ3) is 10.0. The quantitative estimate of drug-likeness (QED) is 0.196. The van der Waals surface area contributed by atoms with Gasteiger partial charge in [0.25, 0.3) is 0 Å². The number of alkyl halides is 1. The molecule has 0 saturated carbocycles. The van der Waals surface area contributed by atoms with Crippen LogP contribution in [-0.4, -0.2) is 96.5 Å². The van der Waals surface area contributed by atoms with Crippen molar-refractivity contribution in [1.82, 2.24) is 5.32 Å². The van der Waals surface area contributed by atoms with E-state index in [0.29, 0.717) is 0 Å². The summed E-state index contributed by atoms with van der Waals surface area (Å²) in [6.45, 7) is 5.03. The molecule has 1 saturated heterocycles. The molecule has 1 amide bonds. The number of methoxy groups -OCH3 is 1. The molecule has 37 heavy (non-hydrogen) atoms. The summed E-state index contributed by atoms with van der Waals surface area (Å²) in [6, 6.07) is -1.20. The fourth-order valence-electron chi connectivity index (χ4n) is 3.75. The predicted octanol–water partition coefficient (Wildman–Crippen LogP) is 0.480. The predicted molar refractivity (Wildman–Crippen MR) is 128 cm³/mol. The number of halogens is 1. The van der Waals surface area contributed by atoms with Gasteiger partial charge in [-0.25, -0.2) is 4.79 Å². The van der Waals surface area contributed by atoms with E-state index in [-0.39, 0.29) is 18.1 Å². The third-order valence-corrected chi connectivity index (χ3v) is 6.62. The summed E-state index contributed by atoms with van der Waals surface area (Å²) >= 11 is 6.80. The lowest BCUT2D eigenvalue weighted by atomic mass is 9.89. The maximum absolute atomic E-state index is 13.0. The molecule has 1 aliphatic rings. The van der Waals surface area contributed by atoms with Crippen LogP contribution in [0.2, 0.25) is 0 Å². The van der Waals surface area contributed by atoms with Gasteiger partial charge in [-0.15, -0.1) is 23.4 Å². The van der Waals surface area contributed by atoms with Crippen LogP contribution < -0.4 is 5.32 Å². The van der Waals surface area contributed by atoms with Crippen molar-refractivity contribution in [3.63, 3.8) is 0 Å². The Balaban J connectivity index is 3.78. The van der Waals surface area contributed by atoms with Gasteiger partial charge in [0.1, 0.15) is 18.8 Å². The van der Waals surface area contributed by atoms with Crippen molar-refractivity contribution in [2.24, 2.45) is 0 Å². The molecular weight excluding hydrogens is 538 g/mol. The third-order valence-electron chi connectivity index (χ3n) is 4.91. The van der Waals surface area contributed by atoms with Crippen LogP contribution in [-0.2, 0) is 57.2 Å². The minimum atomic E-state index is -1.83. The van der Waals surface area contributed by atoms with Crippen LogP contribution in [0.15, 0.2) is 0 Å². The Labute approximate surface area is 223 Å². The number of carbonyl (C=O) groups is 6. The second-order valence-electron chi connectivity index (χ2n) is 7.97. The zero-order valence-electron chi connectivity index (χ0n) is 21.4. The lowest BCUT2D eigenvalue weighted by Crippen LogP contribution is -2.68. The Morgan fingerprint density at radius 2 is 1.62 bits per heavy atom. The number of esters is 5. The monoisotopic (exact) mass is 569 g/mol. The molecule has 210 valence electrons. The van der Waals surface area contributed by atoms with E-state index in [0.717, 1.165) is 46.6 Å². The zero-order chi connectivity index (χ0) is 28.3. The molecule has 0 spiro atoms. The van der Waals surface area contributed by atoms with Gasteiger partial charge in [0, 0.05) is 52.7 Å². The van der Waals surface area contributed by atoms with E-state index in [4.69, 9.17) is 40.0 Å². The maximum atomic E-state index is 13.0. The standard InChI is InChI=1S/C22H32ClNO12S/c1-11(25)24-18-16(33-13(3)27)9-22(21(30)31-6,37-8-7-23)36-20(18)19(35-15(5)29)17(34-14(4)28)10-32-12(2)26/h16-20H,7-10H2,1-6H3,(H,24,25)/t16-,17+,18+,19+,20+,22+/m0/s1. The van der Waals surface area contributed by atoms with Crippen molar-refractivity contribution in [2.75, 3.05) is 25.3 Å². The number of amides is 1. The molecule has 0 aromatic carbocycles. The second-order valence-corrected chi connectivity index (χ2v) is 9.70. The number of carbonyl (C=O) groups excluding carboxylic acids is 6. The first-order valence-corrected chi connectivity index (χ1v) is 12.7. The largest absolute Gasteiger partial charge is 0.466 e. The Kier molecular flexibility index (Phi) is 13.1. The summed E-state index contributed by atoms with van der Waals surface area (Å²) in [5.74, 6) is -4.24. The second kappa shape index (κ2) is 15.0. The lowest BCUT2D eigenvalue weighted by Gasteiger charge is -2.48. The van der Waals surface area contributed by atoms with Gasteiger partial charge in [-0.05, 0) is 0 Å². The van der Waals surface area contributed by atoms with Gasteiger partial charge in [0.15, 0.2) is 12.2 Å². The van der Waals surface area contributed by atoms with Crippen molar-refractivity contribution in [3.8, 4) is 0 Å². The summed E-state index contributed by atoms with van der Waals surface area (Å²) in [7, 11) is 1.12. The minimum Gasteiger partial charge on any atom is -0.466 e. The SMILES string of the molecule is COC(=O)[C@]1(SCCCl)C[C@H](OC(C)=O)[C@@H](NC(C)=O)[C@H]([C@H](OC(C)=O)[C@@H](COC(C)=O)OC(C)=O)O1. The number of hydrogen-bond donors (Lipinski definition) is 1. The molecule has 1 aliphatic heterocycles. The van der Waals surface area contributed by atoms with Crippen LogP contribution in [0.25, 0.3) is 0 Å². The number of ether oxygens (including phenoxy) is 6. The van der Waals surface area contributed by atoms with Gasteiger partial charge in [-0.1, -0.05) is 0 Å². The molecule has 0 aromatic heterocycles. The topological polar surface area (TPSA) is 170 Å². The lowest BCUT2D eigenvalue weighted by molar-refractivity contribution is -0.224. The van der Waals surface area contributed by atoms with Crippen LogP contribution in [0.4, 0.5) is 0 Å². The molecule has 15 heteroatoms. The number of rotatable bonds is 12. The highest BCUT2D eigenvalue weighted by atomic mass is 35.5. The normalized spacial score (nSPS) is 24.6. The van der Waals surface area contributed by atoms with E-state index in [9.17, 15) is 28.8 Å². The highest BCUT2D eigenvalue weighted by molar-refractivity contribution is 8.01. The Bertz CT molecular complexity index is 871. The van der Waals surface area contributed by atoms with E-state index in [1.807, 2.05) is 0 Å². The van der Waals surface area contributed by atoms with Crippen molar-refractivity contribution < 1.29 is 57.2 Å². The van der Waals surface area contributed by atoms with Gasteiger partial charge in [0.2, 0.25) is 10.8 Å². The number of nitrogens with one attached hydrogen (secondary N) is 1. The molecule has 1 N–H and O–H groups in total. The molecule has 1 rings (SSSR count). The smallest absolute Gasteiger partial charge is 0.348 e. The van der Waals surface area contributed by atoms with Crippen LogP contribution in [0.3, 0.4) is 0 Å². The summed E-state index contributed by atoms with van der Waals surface area (Å²) in [4.78, 5) is 70.8. The van der Waals surface area contributed by atoms with E-state index < -0.39 is 77.8 Å². The number of hydrogen-bond acceptors (Lipinski definition) is 13. The van der Waals surface area contributed by atoms with E-state index in [2.05, 4.69) is 5.32 Å². The Hall–Kier alpha value is -2.58. The molecule has 13 nitrogen and oxygen atoms in total. The molecule has 0 aliphatic carbocycles. The van der Waals surface area contributed by atoms with Crippen molar-refractivity contribution in [3.05, 3.63) is 0 Å². The van der Waals surface area contributed by atoms with E-state index in [1.165, 1.54) is 6.92 Å². The van der Waals surface area contributed by atoms with Gasteiger partial charge in [-0.3, -0.25) is 24.0 Å². The fraction of sp³-hybridized carbons (Fsp3) is 0.727. The van der Waals surface area contributed by atoms with Crippen LogP contribution in [0.5, 0.6) is 0 Å². The minimum absolute atomic E-state index is 0.112. The van der Waals surface area contributed by atoms with Crippen LogP contribution in [0, 0.1) is 0 Å². The van der Waals surface area contributed by atoms with Gasteiger partial charge in [-0.2, -0.15) is 0 Å². The summed E-state index contributed by atoms with van der Waals surface area (Å²) in [5.41, 5.74) is 0. The molecule has 1 heterocycles. The van der Waals surface area contributed by atoms with Crippen LogP contribution >= 0.6 is 23.4 Å². The van der Waals surface area contributed by atoms with Crippen LogP contribution in [0.1, 0.15) is 41.0 Å². The molecule has 0 bridgehead atoms. The molecule has 1 fully saturated rings. The van der Waals surface area contributed by atoms with Crippen molar-refractivity contribution in [2.45, 2.75) is 76.4 Å². The van der Waals surface area contributed by atoms with Gasteiger partial charge >= 0.3 is 29.8 Å². The average Bonchev–Trinajstić information content (AvgIpc) is 2.78. The fourth-order valence-corrected chi connectivity index (χ4v) is 5.05. The van der Waals surface area contributed by atoms with Crippen molar-refractivity contribution in [1.29, 1.82) is 0 Å². The molecule has 0 aromatic rings. The highest BCUT2D eigenvalue weighted by Gasteiger charge is 2.58. The summed E-state index contributed by atoms with van der Waals surface area (Å²) < 4.78 is 32.3. The molecule has 0 radical (unpaired) electrons. The first kappa shape index (κ1) is 32.4. The molecule has 0 unspecified atom stereocenters. The first-order chi connectivity index (χ1) is 17.3. The molecule has 6 atom stereocenters. The first-order valence-electron chi connectivity index (χ1n) is 11.1. The summed E-state index contributed by atoms with van der Waals surface area (Å²) in [5, 5.41) is 2.60. The Morgan fingerprint density at radius 1 is 1.00 bits per heavy atom. The average molecular weight is 570 g/mol. The maximum Gasteiger partial charge on any atom is 0.348 e. The highest BCUT2D eigenvalue weighted by Crippen LogP contribution is 2.42. The summed E-state index contributed by atoms with van der Waals surface area (Å²) in [6.07, 6.45) is -5.90. The zero-order valence-corrected chi connectivity index (χ0v) is 23.0. The van der Waals surface area contributed by atoms with Gasteiger partial charge < -0.3 is 33.7 Å². The molecular formula is C22H32ClNO12S. The Morgan fingerprint density at radius 3 is 2.08 bits per heavy atom. The van der Waals surface area contributed by atoms with Gasteiger partial charge in [0.05, 0.1) is 13.2 Å². The number of thioether (sulfide) groups is 1.